The van der Waals surface area contributed by atoms with Gasteiger partial charge in [0.15, 0.2) is 0 Å². The Hall–Kier alpha value is -1.42. The molecule has 25 heavy (non-hydrogen) atoms. The van der Waals surface area contributed by atoms with E-state index in [1.165, 1.54) is 0 Å². The molecule has 1 aromatic heterocycles. The molecule has 1 unspecified atom stereocenters. The van der Waals surface area contributed by atoms with Crippen LogP contribution in [0.25, 0.3) is 11.0 Å². The van der Waals surface area contributed by atoms with Gasteiger partial charge in [-0.2, -0.15) is 0 Å². The molecule has 0 spiro atoms. The van der Waals surface area contributed by atoms with Crippen molar-refractivity contribution in [1.29, 1.82) is 0 Å². The lowest BCUT2D eigenvalue weighted by Gasteiger charge is -2.37. The Morgan fingerprint density at radius 2 is 1.96 bits per heavy atom. The second-order valence-corrected chi connectivity index (χ2v) is 7.62. The van der Waals surface area contributed by atoms with Gasteiger partial charge in [0.25, 0.3) is 0 Å². The van der Waals surface area contributed by atoms with Crippen molar-refractivity contribution in [2.45, 2.75) is 38.8 Å². The van der Waals surface area contributed by atoms with Crippen LogP contribution in [0.4, 0.5) is 11.6 Å². The third-order valence-corrected chi connectivity index (χ3v) is 5.61. The van der Waals surface area contributed by atoms with Gasteiger partial charge in [0.05, 0.1) is 21.2 Å². The number of nitrogens with zero attached hydrogens (tertiary/aromatic N) is 3. The maximum Gasteiger partial charge on any atom is 0.211 e. The zero-order chi connectivity index (χ0) is 17.6. The number of aromatic nitrogens is 2. The molecule has 130 valence electrons. The molecule has 0 bridgehead atoms. The molecule has 0 N–H and O–H groups in total. The lowest BCUT2D eigenvalue weighted by atomic mass is 10.0. The van der Waals surface area contributed by atoms with Gasteiger partial charge in [-0.05, 0) is 43.2 Å². The first-order valence-corrected chi connectivity index (χ1v) is 9.62. The minimum atomic E-state index is 0.353. The summed E-state index contributed by atoms with van der Waals surface area (Å²) in [5, 5.41) is 1.95. The molecule has 6 heteroatoms. The van der Waals surface area contributed by atoms with Crippen molar-refractivity contribution in [2.24, 2.45) is 0 Å². The molecule has 4 rings (SSSR count). The Kier molecular flexibility index (Phi) is 4.57. The zero-order valence-electron chi connectivity index (χ0n) is 13.8. The summed E-state index contributed by atoms with van der Waals surface area (Å²) in [6.07, 6.45) is 3.22. The van der Waals surface area contributed by atoms with Crippen molar-refractivity contribution < 1.29 is 0 Å². The van der Waals surface area contributed by atoms with Crippen molar-refractivity contribution in [3.8, 4) is 0 Å². The summed E-state index contributed by atoms with van der Waals surface area (Å²) < 4.78 is 2.23. The second-order valence-electron chi connectivity index (χ2n) is 6.37. The molecule has 0 aliphatic carbocycles. The van der Waals surface area contributed by atoms with Gasteiger partial charge < -0.3 is 9.47 Å². The molecule has 1 atom stereocenters. The molecule has 0 saturated heterocycles. The van der Waals surface area contributed by atoms with Crippen LogP contribution >= 0.6 is 34.8 Å². The molecule has 3 nitrogen and oxygen atoms in total. The molecule has 0 saturated carbocycles. The summed E-state index contributed by atoms with van der Waals surface area (Å²) in [6.45, 7) is 3.13. The first kappa shape index (κ1) is 17.0. The predicted molar refractivity (Wildman–Crippen MR) is 107 cm³/mol. The number of imidazole rings is 1. The highest BCUT2D eigenvalue weighted by molar-refractivity contribution is 6.36. The number of fused-ring (bicyclic) bond motifs is 3. The van der Waals surface area contributed by atoms with E-state index >= 15 is 0 Å². The second kappa shape index (κ2) is 6.71. The van der Waals surface area contributed by atoms with E-state index in [1.54, 1.807) is 6.07 Å². The molecular weight excluding hydrogens is 377 g/mol. The Bertz CT molecular complexity index is 935. The summed E-state index contributed by atoms with van der Waals surface area (Å²) >= 11 is 19.0. The van der Waals surface area contributed by atoms with E-state index in [2.05, 4.69) is 22.5 Å². The van der Waals surface area contributed by atoms with Crippen molar-refractivity contribution in [3.05, 3.63) is 51.5 Å². The van der Waals surface area contributed by atoms with Crippen molar-refractivity contribution >= 4 is 57.5 Å². The van der Waals surface area contributed by atoms with Crippen LogP contribution in [-0.2, 0) is 6.54 Å². The monoisotopic (exact) mass is 393 g/mol. The first-order valence-electron chi connectivity index (χ1n) is 8.49. The van der Waals surface area contributed by atoms with E-state index < -0.39 is 0 Å². The van der Waals surface area contributed by atoms with Gasteiger partial charge in [-0.1, -0.05) is 54.2 Å². The smallest absolute Gasteiger partial charge is 0.211 e. The number of rotatable bonds is 3. The number of aryl methyl sites for hydroxylation is 1. The Balaban J connectivity index is 1.93. The molecule has 2 aromatic carbocycles. The summed E-state index contributed by atoms with van der Waals surface area (Å²) in [4.78, 5) is 7.12. The third kappa shape index (κ3) is 2.88. The minimum Gasteiger partial charge on any atom is -0.310 e. The van der Waals surface area contributed by atoms with Crippen LogP contribution in [0.15, 0.2) is 36.4 Å². The molecule has 0 amide bonds. The third-order valence-electron chi connectivity index (χ3n) is 4.77. The molecule has 1 aliphatic rings. The SMILES string of the molecule is CCCC1CCn2c(nc3c(Cl)cccc32)N1c1ccc(Cl)cc1Cl. The van der Waals surface area contributed by atoms with Gasteiger partial charge in [0, 0.05) is 17.6 Å². The Labute approximate surface area is 162 Å². The highest BCUT2D eigenvalue weighted by atomic mass is 35.5. The number of benzene rings is 2. The van der Waals surface area contributed by atoms with Crippen molar-refractivity contribution in [1.82, 2.24) is 9.55 Å². The van der Waals surface area contributed by atoms with E-state index in [9.17, 15) is 0 Å². The average molecular weight is 395 g/mol. The standard InChI is InChI=1S/C19H18Cl3N3/c1-2-4-13-9-10-24-17-6-3-5-14(21)18(17)23-19(24)25(13)16-8-7-12(20)11-15(16)22/h3,5-8,11,13H,2,4,9-10H2,1H3. The van der Waals surface area contributed by atoms with E-state index in [0.717, 1.165) is 48.5 Å². The summed E-state index contributed by atoms with van der Waals surface area (Å²) in [7, 11) is 0. The average Bonchev–Trinajstić information content (AvgIpc) is 2.96. The van der Waals surface area contributed by atoms with Crippen LogP contribution < -0.4 is 4.90 Å². The lowest BCUT2D eigenvalue weighted by Crippen LogP contribution is -2.38. The number of hydrogen-bond acceptors (Lipinski definition) is 2. The van der Waals surface area contributed by atoms with Crippen LogP contribution in [0.2, 0.25) is 15.1 Å². The summed E-state index contributed by atoms with van der Waals surface area (Å²) in [5.74, 6) is 0.900. The lowest BCUT2D eigenvalue weighted by molar-refractivity contribution is 0.463. The fourth-order valence-electron chi connectivity index (χ4n) is 3.66. The van der Waals surface area contributed by atoms with Crippen LogP contribution in [0.1, 0.15) is 26.2 Å². The van der Waals surface area contributed by atoms with Crippen LogP contribution in [0.5, 0.6) is 0 Å². The fraction of sp³-hybridized carbons (Fsp3) is 0.316. The highest BCUT2D eigenvalue weighted by Crippen LogP contribution is 2.41. The molecular formula is C19H18Cl3N3. The van der Waals surface area contributed by atoms with Crippen LogP contribution in [0, 0.1) is 0 Å². The van der Waals surface area contributed by atoms with E-state index in [4.69, 9.17) is 39.8 Å². The van der Waals surface area contributed by atoms with Gasteiger partial charge in [0.2, 0.25) is 5.95 Å². The first-order chi connectivity index (χ1) is 12.1. The maximum atomic E-state index is 6.54. The van der Waals surface area contributed by atoms with Gasteiger partial charge in [-0.15, -0.1) is 0 Å². The van der Waals surface area contributed by atoms with E-state index in [0.29, 0.717) is 21.1 Å². The normalized spacial score (nSPS) is 17.1. The fourth-order valence-corrected chi connectivity index (χ4v) is 4.37. The van der Waals surface area contributed by atoms with Gasteiger partial charge in [0.1, 0.15) is 5.52 Å². The highest BCUT2D eigenvalue weighted by Gasteiger charge is 2.31. The topological polar surface area (TPSA) is 21.1 Å². The number of hydrogen-bond donors (Lipinski definition) is 0. The van der Waals surface area contributed by atoms with Crippen molar-refractivity contribution in [2.75, 3.05) is 4.90 Å². The summed E-state index contributed by atoms with van der Waals surface area (Å²) in [5.41, 5.74) is 2.84. The van der Waals surface area contributed by atoms with Crippen molar-refractivity contribution in [3.63, 3.8) is 0 Å². The molecule has 3 aromatic rings. The summed E-state index contributed by atoms with van der Waals surface area (Å²) in [6, 6.07) is 11.9. The quantitative estimate of drug-likeness (QED) is 0.492. The van der Waals surface area contributed by atoms with Crippen LogP contribution in [-0.4, -0.2) is 15.6 Å². The predicted octanol–water partition coefficient (Wildman–Crippen LogP) is 6.71. The number of halogens is 3. The minimum absolute atomic E-state index is 0.353. The van der Waals surface area contributed by atoms with Gasteiger partial charge in [-0.3, -0.25) is 0 Å². The molecule has 0 radical (unpaired) electrons. The Morgan fingerprint density at radius 3 is 2.72 bits per heavy atom. The Morgan fingerprint density at radius 1 is 1.12 bits per heavy atom. The van der Waals surface area contributed by atoms with E-state index in [-0.39, 0.29) is 0 Å². The largest absolute Gasteiger partial charge is 0.310 e. The van der Waals surface area contributed by atoms with E-state index in [1.807, 2.05) is 24.3 Å². The van der Waals surface area contributed by atoms with Gasteiger partial charge >= 0.3 is 0 Å². The van der Waals surface area contributed by atoms with Gasteiger partial charge in [-0.25, -0.2) is 4.98 Å². The molecule has 1 aliphatic heterocycles. The van der Waals surface area contributed by atoms with Crippen LogP contribution in [0.3, 0.4) is 0 Å². The maximum absolute atomic E-state index is 6.54. The number of para-hydroxylation sites is 1. The zero-order valence-corrected chi connectivity index (χ0v) is 16.1. The molecule has 0 fully saturated rings. The number of anilines is 2. The molecule has 2 heterocycles.